The van der Waals surface area contributed by atoms with Crippen molar-refractivity contribution in [3.8, 4) is 0 Å². The lowest BCUT2D eigenvalue weighted by Crippen LogP contribution is -2.42. The van der Waals surface area contributed by atoms with Crippen molar-refractivity contribution >= 4 is 23.6 Å². The number of nitrogens with one attached hydrogen (secondary N) is 2. The van der Waals surface area contributed by atoms with E-state index >= 15 is 0 Å². The fourth-order valence-corrected chi connectivity index (χ4v) is 3.91. The van der Waals surface area contributed by atoms with E-state index in [1.807, 2.05) is 0 Å². The molecule has 4 rings (SSSR count). The van der Waals surface area contributed by atoms with E-state index in [9.17, 15) is 14.4 Å². The number of oxazole rings is 1. The van der Waals surface area contributed by atoms with E-state index in [4.69, 9.17) is 0 Å². The molecule has 1 aromatic heterocycles. The summed E-state index contributed by atoms with van der Waals surface area (Å²) in [5, 5.41) is 3.09. The Hall–Kier alpha value is -1.70. The van der Waals surface area contributed by atoms with Gasteiger partial charge in [0.1, 0.15) is 12.0 Å². The van der Waals surface area contributed by atoms with Gasteiger partial charge in [0.05, 0.1) is 5.92 Å². The molecule has 112 valence electrons. The Morgan fingerprint density at radius 1 is 1.33 bits per heavy atom. The zero-order chi connectivity index (χ0) is 14.6. The minimum atomic E-state index is -0.619. The predicted molar refractivity (Wildman–Crippen MR) is 75.0 cm³/mol. The summed E-state index contributed by atoms with van der Waals surface area (Å²) in [5.74, 6) is 2.04. The van der Waals surface area contributed by atoms with Gasteiger partial charge in [0.25, 0.3) is 5.91 Å². The van der Waals surface area contributed by atoms with Crippen molar-refractivity contribution in [2.75, 3.05) is 24.6 Å². The molecule has 2 saturated heterocycles. The number of fused-ring (bicyclic) bond motifs is 1. The molecule has 3 fully saturated rings. The maximum Gasteiger partial charge on any atom is 0.416 e. The van der Waals surface area contributed by atoms with Gasteiger partial charge in [-0.05, 0) is 0 Å². The Morgan fingerprint density at radius 3 is 2.57 bits per heavy atom. The highest BCUT2D eigenvalue weighted by Crippen LogP contribution is 2.46. The molecule has 2 N–H and O–H groups in total. The third-order valence-corrected chi connectivity index (χ3v) is 5.83. The van der Waals surface area contributed by atoms with E-state index in [-0.39, 0.29) is 29.5 Å². The van der Waals surface area contributed by atoms with Crippen LogP contribution in [0.15, 0.2) is 15.5 Å². The average molecular weight is 309 g/mol. The van der Waals surface area contributed by atoms with E-state index < -0.39 is 5.76 Å². The lowest BCUT2D eigenvalue weighted by Gasteiger charge is -2.25. The lowest BCUT2D eigenvalue weighted by molar-refractivity contribution is -0.124. The van der Waals surface area contributed by atoms with Crippen LogP contribution in [0.2, 0.25) is 0 Å². The maximum atomic E-state index is 12.1. The van der Waals surface area contributed by atoms with Crippen LogP contribution < -0.4 is 11.1 Å². The van der Waals surface area contributed by atoms with Crippen LogP contribution in [-0.4, -0.2) is 52.3 Å². The van der Waals surface area contributed by atoms with Crippen LogP contribution in [0.3, 0.4) is 0 Å². The minimum Gasteiger partial charge on any atom is -0.416 e. The number of rotatable bonds is 3. The van der Waals surface area contributed by atoms with Gasteiger partial charge >= 0.3 is 5.76 Å². The third-order valence-electron chi connectivity index (χ3n) is 4.55. The number of hydrogen-bond donors (Lipinski definition) is 2. The van der Waals surface area contributed by atoms with Gasteiger partial charge in [-0.3, -0.25) is 14.6 Å². The Morgan fingerprint density at radius 2 is 2.05 bits per heavy atom. The standard InChI is InChI=1S/C13H15N3O4S/c17-11(6-4-21-5-6)15-10-7-1-16(2-8(7)10)12(18)9-3-20-13(19)14-9/h3,6-8,10H,1-2,4-5H2,(H,14,19)(H,15,17)/t7-,8+,10?. The summed E-state index contributed by atoms with van der Waals surface area (Å²) >= 11 is 1.79. The number of carbonyl (C=O) groups excluding carboxylic acids is 2. The van der Waals surface area contributed by atoms with Crippen LogP contribution in [0.4, 0.5) is 0 Å². The van der Waals surface area contributed by atoms with E-state index in [0.717, 1.165) is 17.8 Å². The molecular weight excluding hydrogens is 294 g/mol. The molecule has 1 unspecified atom stereocenters. The number of piperidine rings is 1. The fourth-order valence-electron chi connectivity index (χ4n) is 3.13. The van der Waals surface area contributed by atoms with Crippen molar-refractivity contribution in [1.29, 1.82) is 0 Å². The Balaban J connectivity index is 1.32. The molecule has 2 aliphatic heterocycles. The highest BCUT2D eigenvalue weighted by Gasteiger charge is 2.57. The largest absolute Gasteiger partial charge is 0.416 e. The van der Waals surface area contributed by atoms with Crippen LogP contribution in [-0.2, 0) is 4.79 Å². The fraction of sp³-hybridized carbons (Fsp3) is 0.615. The highest BCUT2D eigenvalue weighted by atomic mass is 32.2. The summed E-state index contributed by atoms with van der Waals surface area (Å²) in [7, 11) is 0. The molecular formula is C13H15N3O4S. The molecule has 3 atom stereocenters. The van der Waals surface area contributed by atoms with Gasteiger partial charge in [0.15, 0.2) is 0 Å². The van der Waals surface area contributed by atoms with E-state index in [0.29, 0.717) is 24.9 Å². The SMILES string of the molecule is O=C(NC1[C@H]2CN(C(=O)c3coc(=O)[nH]3)C[C@@H]12)C1CSC1. The summed E-state index contributed by atoms with van der Waals surface area (Å²) in [4.78, 5) is 39.0. The molecule has 0 spiro atoms. The van der Waals surface area contributed by atoms with E-state index in [1.54, 1.807) is 16.7 Å². The van der Waals surface area contributed by atoms with Gasteiger partial charge in [-0.1, -0.05) is 0 Å². The highest BCUT2D eigenvalue weighted by molar-refractivity contribution is 8.00. The second kappa shape index (κ2) is 4.66. The molecule has 1 aliphatic carbocycles. The average Bonchev–Trinajstić information content (AvgIpc) is 2.82. The summed E-state index contributed by atoms with van der Waals surface area (Å²) in [6, 6.07) is 0.218. The molecule has 1 aromatic rings. The molecule has 0 aromatic carbocycles. The van der Waals surface area contributed by atoms with Crippen LogP contribution in [0.25, 0.3) is 0 Å². The predicted octanol–water partition coefficient (Wildman–Crippen LogP) is -0.482. The summed E-state index contributed by atoms with van der Waals surface area (Å²) < 4.78 is 4.58. The summed E-state index contributed by atoms with van der Waals surface area (Å²) in [5.41, 5.74) is 0.188. The summed E-state index contributed by atoms with van der Waals surface area (Å²) in [6.45, 7) is 1.25. The van der Waals surface area contributed by atoms with Crippen molar-refractivity contribution < 1.29 is 14.0 Å². The van der Waals surface area contributed by atoms with Crippen LogP contribution in [0.1, 0.15) is 10.5 Å². The number of carbonyl (C=O) groups is 2. The zero-order valence-electron chi connectivity index (χ0n) is 11.2. The number of nitrogens with zero attached hydrogens (tertiary/aromatic N) is 1. The number of aromatic amines is 1. The molecule has 2 amide bonds. The zero-order valence-corrected chi connectivity index (χ0v) is 12.0. The first kappa shape index (κ1) is 13.0. The van der Waals surface area contributed by atoms with Gasteiger partial charge in [-0.2, -0.15) is 11.8 Å². The number of thioether (sulfide) groups is 1. The van der Waals surface area contributed by atoms with Crippen molar-refractivity contribution in [2.24, 2.45) is 17.8 Å². The van der Waals surface area contributed by atoms with Crippen molar-refractivity contribution in [1.82, 2.24) is 15.2 Å². The number of aromatic nitrogens is 1. The molecule has 0 radical (unpaired) electrons. The molecule has 0 bridgehead atoms. The molecule has 3 heterocycles. The second-order valence-corrected chi connectivity index (χ2v) is 6.94. The first-order chi connectivity index (χ1) is 10.1. The lowest BCUT2D eigenvalue weighted by atomic mass is 10.2. The van der Waals surface area contributed by atoms with E-state index in [1.165, 1.54) is 0 Å². The molecule has 3 aliphatic rings. The molecule has 21 heavy (non-hydrogen) atoms. The van der Waals surface area contributed by atoms with Crippen LogP contribution in [0, 0.1) is 17.8 Å². The van der Waals surface area contributed by atoms with Gasteiger partial charge in [-0.25, -0.2) is 4.79 Å². The normalized spacial score (nSPS) is 30.7. The molecule has 1 saturated carbocycles. The maximum absolute atomic E-state index is 12.1. The van der Waals surface area contributed by atoms with Gasteiger partial charge in [0.2, 0.25) is 5.91 Å². The van der Waals surface area contributed by atoms with Gasteiger partial charge in [-0.15, -0.1) is 0 Å². The van der Waals surface area contributed by atoms with Crippen LogP contribution >= 0.6 is 11.8 Å². The van der Waals surface area contributed by atoms with E-state index in [2.05, 4.69) is 14.7 Å². The number of H-pyrrole nitrogens is 1. The molecule has 8 heteroatoms. The third kappa shape index (κ3) is 2.17. The summed E-state index contributed by atoms with van der Waals surface area (Å²) in [6.07, 6.45) is 1.15. The quantitative estimate of drug-likeness (QED) is 0.786. The minimum absolute atomic E-state index is 0.158. The first-order valence-electron chi connectivity index (χ1n) is 6.98. The monoisotopic (exact) mass is 309 g/mol. The topological polar surface area (TPSA) is 95.4 Å². The van der Waals surface area contributed by atoms with Crippen molar-refractivity contribution in [3.05, 3.63) is 22.5 Å². The van der Waals surface area contributed by atoms with Crippen molar-refractivity contribution in [3.63, 3.8) is 0 Å². The number of hydrogen-bond acceptors (Lipinski definition) is 5. The smallest absolute Gasteiger partial charge is 0.416 e. The Labute approximate surface area is 124 Å². The second-order valence-electron chi connectivity index (χ2n) is 5.87. The Kier molecular flexibility index (Phi) is 2.88. The first-order valence-corrected chi connectivity index (χ1v) is 8.14. The number of likely N-dealkylation sites (tertiary alicyclic amines) is 1. The van der Waals surface area contributed by atoms with Crippen LogP contribution in [0.5, 0.6) is 0 Å². The Bertz CT molecular complexity index is 638. The molecule has 7 nitrogen and oxygen atoms in total. The van der Waals surface area contributed by atoms with Gasteiger partial charge in [0, 0.05) is 42.5 Å². The number of amides is 2. The van der Waals surface area contributed by atoms with Gasteiger partial charge < -0.3 is 14.6 Å². The van der Waals surface area contributed by atoms with Crippen molar-refractivity contribution in [2.45, 2.75) is 6.04 Å².